The second-order valence-electron chi connectivity index (χ2n) is 12.7. The lowest BCUT2D eigenvalue weighted by atomic mass is 9.95. The van der Waals surface area contributed by atoms with Gasteiger partial charge in [-0.2, -0.15) is 0 Å². The Morgan fingerprint density at radius 2 is 1.66 bits per heavy atom. The van der Waals surface area contributed by atoms with Crippen LogP contribution in [0.2, 0.25) is 18.1 Å². The van der Waals surface area contributed by atoms with E-state index >= 15 is 0 Å². The van der Waals surface area contributed by atoms with Crippen molar-refractivity contribution >= 4 is 14.3 Å². The summed E-state index contributed by atoms with van der Waals surface area (Å²) in [4.78, 5) is 13.7. The average molecular weight is 623 g/mol. The molecule has 0 radical (unpaired) electrons. The van der Waals surface area contributed by atoms with Gasteiger partial charge in [-0.05, 0) is 66.2 Å². The van der Waals surface area contributed by atoms with Crippen molar-refractivity contribution in [3.05, 3.63) is 96.6 Å². The molecule has 0 bridgehead atoms. The second kappa shape index (κ2) is 18.0. The van der Waals surface area contributed by atoms with Gasteiger partial charge in [-0.25, -0.2) is 4.79 Å². The molecule has 0 unspecified atom stereocenters. The highest BCUT2D eigenvalue weighted by Gasteiger charge is 2.40. The van der Waals surface area contributed by atoms with Crippen LogP contribution in [0.4, 0.5) is 0 Å². The van der Waals surface area contributed by atoms with E-state index in [1.165, 1.54) is 0 Å². The molecule has 0 saturated heterocycles. The van der Waals surface area contributed by atoms with Crippen LogP contribution < -0.4 is 9.47 Å². The Balaban J connectivity index is 2.27. The van der Waals surface area contributed by atoms with Gasteiger partial charge in [0.15, 0.2) is 8.32 Å². The summed E-state index contributed by atoms with van der Waals surface area (Å²) in [6.45, 7) is 22.2. The molecule has 2 rings (SSSR count). The van der Waals surface area contributed by atoms with Crippen LogP contribution in [0.5, 0.6) is 11.5 Å². The first-order valence-electron chi connectivity index (χ1n) is 15.5. The number of carbonyl (C=O) groups excluding carboxylic acids is 1. The van der Waals surface area contributed by atoms with E-state index in [1.54, 1.807) is 26.4 Å². The van der Waals surface area contributed by atoms with Crippen molar-refractivity contribution in [3.8, 4) is 11.5 Å². The minimum Gasteiger partial charge on any atom is -0.497 e. The summed E-state index contributed by atoms with van der Waals surface area (Å²) in [6.07, 6.45) is 9.64. The van der Waals surface area contributed by atoms with Gasteiger partial charge in [0.2, 0.25) is 0 Å². The maximum Gasteiger partial charge on any atom is 0.342 e. The smallest absolute Gasteiger partial charge is 0.342 e. The van der Waals surface area contributed by atoms with E-state index in [0.29, 0.717) is 43.8 Å². The quantitative estimate of drug-likeness (QED) is 0.0674. The molecule has 0 amide bonds. The van der Waals surface area contributed by atoms with Gasteiger partial charge in [-0.1, -0.05) is 76.3 Å². The molecule has 0 spiro atoms. The van der Waals surface area contributed by atoms with Crippen LogP contribution in [0, 0.1) is 5.92 Å². The van der Waals surface area contributed by atoms with Gasteiger partial charge in [0, 0.05) is 12.8 Å². The maximum absolute atomic E-state index is 13.7. The van der Waals surface area contributed by atoms with Gasteiger partial charge < -0.3 is 23.4 Å². The molecular weight excluding hydrogens is 568 g/mol. The average Bonchev–Trinajstić information content (AvgIpc) is 2.98. The predicted molar refractivity (Wildman–Crippen MR) is 183 cm³/mol. The summed E-state index contributed by atoms with van der Waals surface area (Å²) < 4.78 is 29.9. The van der Waals surface area contributed by atoms with Gasteiger partial charge in [-0.15, -0.1) is 13.2 Å². The Hall–Kier alpha value is -3.13. The van der Waals surface area contributed by atoms with E-state index in [0.717, 1.165) is 23.3 Å². The first-order valence-corrected chi connectivity index (χ1v) is 18.4. The van der Waals surface area contributed by atoms with Crippen LogP contribution in [0.15, 0.2) is 79.9 Å². The van der Waals surface area contributed by atoms with Crippen molar-refractivity contribution in [2.24, 2.45) is 5.92 Å². The zero-order valence-electron chi connectivity index (χ0n) is 28.2. The third-order valence-corrected chi connectivity index (χ3v) is 12.8. The zero-order valence-corrected chi connectivity index (χ0v) is 29.2. The molecule has 2 aromatic rings. The summed E-state index contributed by atoms with van der Waals surface area (Å²) in [5.74, 6) is 1.11. The third-order valence-electron chi connectivity index (χ3n) is 8.30. The molecule has 44 heavy (non-hydrogen) atoms. The highest BCUT2D eigenvalue weighted by molar-refractivity contribution is 6.74. The molecule has 3 atom stereocenters. The number of esters is 1. The van der Waals surface area contributed by atoms with Crippen LogP contribution in [-0.2, 0) is 26.9 Å². The zero-order chi connectivity index (χ0) is 32.8. The maximum atomic E-state index is 13.7. The van der Waals surface area contributed by atoms with Crippen molar-refractivity contribution in [2.45, 2.75) is 90.3 Å². The van der Waals surface area contributed by atoms with Crippen LogP contribution >= 0.6 is 0 Å². The summed E-state index contributed by atoms with van der Waals surface area (Å²) in [6, 6.07) is 13.4. The first-order chi connectivity index (χ1) is 20.9. The lowest BCUT2D eigenvalue weighted by molar-refractivity contribution is 0.00939. The molecule has 242 valence electrons. The summed E-state index contributed by atoms with van der Waals surface area (Å²) in [5.41, 5.74) is 2.33. The summed E-state index contributed by atoms with van der Waals surface area (Å²) >= 11 is 0. The van der Waals surface area contributed by atoms with Crippen LogP contribution in [0.25, 0.3) is 0 Å². The SMILES string of the molecule is C=CCc1cccc(OC)c1C(=O)O[C@H](C/C=C/COCc1ccc(OC)cc1)C[C@H](O[Si](C)(C)C(C)(C)C)[C@H](C)CC=C. The van der Waals surface area contributed by atoms with Crippen LogP contribution in [-0.4, -0.2) is 47.3 Å². The fourth-order valence-electron chi connectivity index (χ4n) is 4.61. The molecule has 0 aliphatic rings. The molecule has 7 heteroatoms. The fourth-order valence-corrected chi connectivity index (χ4v) is 6.05. The van der Waals surface area contributed by atoms with Gasteiger partial charge >= 0.3 is 5.97 Å². The van der Waals surface area contributed by atoms with Crippen molar-refractivity contribution < 1.29 is 28.2 Å². The lowest BCUT2D eigenvalue weighted by Gasteiger charge is -2.41. The number of hydrogen-bond acceptors (Lipinski definition) is 6. The normalized spacial score (nSPS) is 14.1. The van der Waals surface area contributed by atoms with E-state index in [-0.39, 0.29) is 17.1 Å². The number of carbonyl (C=O) groups is 1. The van der Waals surface area contributed by atoms with E-state index in [9.17, 15) is 4.79 Å². The van der Waals surface area contributed by atoms with E-state index in [4.69, 9.17) is 23.4 Å². The molecule has 0 N–H and O–H groups in total. The van der Waals surface area contributed by atoms with Crippen molar-refractivity contribution in [2.75, 3.05) is 20.8 Å². The first kappa shape index (κ1) is 37.1. The van der Waals surface area contributed by atoms with E-state index < -0.39 is 20.4 Å². The number of rotatable bonds is 19. The Morgan fingerprint density at radius 3 is 2.25 bits per heavy atom. The molecule has 0 aliphatic heterocycles. The van der Waals surface area contributed by atoms with Crippen LogP contribution in [0.3, 0.4) is 0 Å². The van der Waals surface area contributed by atoms with Gasteiger partial charge in [0.25, 0.3) is 0 Å². The highest BCUT2D eigenvalue weighted by Crippen LogP contribution is 2.39. The van der Waals surface area contributed by atoms with Crippen molar-refractivity contribution in [1.29, 1.82) is 0 Å². The van der Waals surface area contributed by atoms with Crippen molar-refractivity contribution in [1.82, 2.24) is 0 Å². The second-order valence-corrected chi connectivity index (χ2v) is 17.5. The minimum absolute atomic E-state index is 0.0451. The van der Waals surface area contributed by atoms with Crippen LogP contribution in [0.1, 0.15) is 68.4 Å². The van der Waals surface area contributed by atoms with E-state index in [2.05, 4.69) is 53.9 Å². The minimum atomic E-state index is -2.10. The standard InChI is InChI=1S/C37H54O6Si/c1-11-16-28(3)34(43-44(9,10)37(4,5)6)26-32(19-13-14-25-41-27-29-21-23-31(39-7)24-22-29)42-36(38)35-30(17-12-2)18-15-20-33(35)40-8/h11-15,18,20-24,28,32,34H,1-2,16-17,19,25-27H2,3-10H3/b14-13+/t28-,32-,34+/m1/s1. The predicted octanol–water partition coefficient (Wildman–Crippen LogP) is 9.11. The molecule has 0 aliphatic carbocycles. The highest BCUT2D eigenvalue weighted by atomic mass is 28.4. The lowest BCUT2D eigenvalue weighted by Crippen LogP contribution is -2.46. The monoisotopic (exact) mass is 622 g/mol. The molecule has 0 fully saturated rings. The molecular formula is C37H54O6Si. The molecule has 0 heterocycles. The number of hydrogen-bond donors (Lipinski definition) is 0. The number of allylic oxidation sites excluding steroid dienone is 2. The van der Waals surface area contributed by atoms with Gasteiger partial charge in [-0.3, -0.25) is 0 Å². The Kier molecular flexibility index (Phi) is 15.1. The molecule has 6 nitrogen and oxygen atoms in total. The van der Waals surface area contributed by atoms with Gasteiger partial charge in [0.1, 0.15) is 23.2 Å². The molecule has 0 saturated carbocycles. The Labute approximate surface area is 267 Å². The topological polar surface area (TPSA) is 63.2 Å². The molecule has 2 aromatic carbocycles. The largest absolute Gasteiger partial charge is 0.497 e. The Morgan fingerprint density at radius 1 is 0.955 bits per heavy atom. The van der Waals surface area contributed by atoms with E-state index in [1.807, 2.05) is 54.6 Å². The third kappa shape index (κ3) is 11.4. The number of ether oxygens (including phenoxy) is 4. The molecule has 0 aromatic heterocycles. The number of methoxy groups -OCH3 is 2. The summed E-state index contributed by atoms with van der Waals surface area (Å²) in [5, 5.41) is 0.0451. The Bertz CT molecular complexity index is 1210. The van der Waals surface area contributed by atoms with Crippen molar-refractivity contribution in [3.63, 3.8) is 0 Å². The van der Waals surface area contributed by atoms with Gasteiger partial charge in [0.05, 0.1) is 33.5 Å². The fraction of sp³-hybridized carbons (Fsp3) is 0.486. The number of benzene rings is 2. The summed E-state index contributed by atoms with van der Waals surface area (Å²) in [7, 11) is 1.11.